The summed E-state index contributed by atoms with van der Waals surface area (Å²) in [6.07, 6.45) is 0.415. The van der Waals surface area contributed by atoms with Crippen LogP contribution in [0.2, 0.25) is 0 Å². The Balaban J connectivity index is 3.48. The molecular formula is C10H23N3O. The summed E-state index contributed by atoms with van der Waals surface area (Å²) in [5.74, 6) is 0.0483. The van der Waals surface area contributed by atoms with E-state index < -0.39 is 0 Å². The molecular weight excluding hydrogens is 178 g/mol. The first-order valence-electron chi connectivity index (χ1n) is 5.34. The number of carbonyl (C=O) groups is 1. The lowest BCUT2D eigenvalue weighted by Gasteiger charge is -2.18. The highest BCUT2D eigenvalue weighted by atomic mass is 16.1. The molecule has 0 rings (SSSR count). The molecule has 84 valence electrons. The SMILES string of the molecule is CCN(CC)CCNC(=O)CC(C)N. The summed E-state index contributed by atoms with van der Waals surface area (Å²) >= 11 is 0. The number of nitrogens with one attached hydrogen (secondary N) is 1. The number of hydrogen-bond acceptors (Lipinski definition) is 3. The Kier molecular flexibility index (Phi) is 7.42. The van der Waals surface area contributed by atoms with E-state index in [9.17, 15) is 4.79 Å². The van der Waals surface area contributed by atoms with Gasteiger partial charge >= 0.3 is 0 Å². The molecule has 0 radical (unpaired) electrons. The molecule has 4 heteroatoms. The number of amides is 1. The molecule has 0 fully saturated rings. The van der Waals surface area contributed by atoms with Crippen LogP contribution in [0.15, 0.2) is 0 Å². The summed E-state index contributed by atoms with van der Waals surface area (Å²) in [7, 11) is 0. The third kappa shape index (κ3) is 6.86. The lowest BCUT2D eigenvalue weighted by molar-refractivity contribution is -0.121. The average Bonchev–Trinajstić information content (AvgIpc) is 2.11. The molecule has 4 nitrogen and oxygen atoms in total. The van der Waals surface area contributed by atoms with E-state index in [2.05, 4.69) is 24.1 Å². The molecule has 0 aliphatic rings. The maximum absolute atomic E-state index is 11.2. The van der Waals surface area contributed by atoms with Crippen molar-refractivity contribution in [1.82, 2.24) is 10.2 Å². The molecule has 0 saturated heterocycles. The maximum atomic E-state index is 11.2. The predicted octanol–water partition coefficient (Wildman–Crippen LogP) is 0.182. The van der Waals surface area contributed by atoms with Gasteiger partial charge in [0.05, 0.1) is 0 Å². The topological polar surface area (TPSA) is 58.4 Å². The van der Waals surface area contributed by atoms with Crippen LogP contribution in [0, 0.1) is 0 Å². The number of hydrogen-bond donors (Lipinski definition) is 2. The van der Waals surface area contributed by atoms with Gasteiger partial charge in [-0.15, -0.1) is 0 Å². The van der Waals surface area contributed by atoms with Crippen LogP contribution in [-0.2, 0) is 4.79 Å². The zero-order valence-corrected chi connectivity index (χ0v) is 9.55. The van der Waals surface area contributed by atoms with Crippen LogP contribution in [0.3, 0.4) is 0 Å². The normalized spacial score (nSPS) is 12.9. The van der Waals surface area contributed by atoms with Gasteiger partial charge in [0.1, 0.15) is 0 Å². The smallest absolute Gasteiger partial charge is 0.221 e. The Morgan fingerprint density at radius 1 is 1.43 bits per heavy atom. The molecule has 0 heterocycles. The molecule has 1 amide bonds. The van der Waals surface area contributed by atoms with E-state index in [4.69, 9.17) is 5.73 Å². The average molecular weight is 201 g/mol. The van der Waals surface area contributed by atoms with Crippen LogP contribution < -0.4 is 11.1 Å². The first-order valence-corrected chi connectivity index (χ1v) is 5.34. The minimum atomic E-state index is -0.0524. The molecule has 0 spiro atoms. The van der Waals surface area contributed by atoms with Crippen molar-refractivity contribution in [2.24, 2.45) is 5.73 Å². The van der Waals surface area contributed by atoms with Gasteiger partial charge in [0.25, 0.3) is 0 Å². The standard InChI is InChI=1S/C10H23N3O/c1-4-13(5-2)7-6-12-10(14)8-9(3)11/h9H,4-8,11H2,1-3H3,(H,12,14). The van der Waals surface area contributed by atoms with Crippen LogP contribution in [0.4, 0.5) is 0 Å². The number of rotatable bonds is 7. The van der Waals surface area contributed by atoms with Crippen LogP contribution in [0.5, 0.6) is 0 Å². The van der Waals surface area contributed by atoms with Crippen LogP contribution in [0.1, 0.15) is 27.2 Å². The second-order valence-corrected chi connectivity index (χ2v) is 3.56. The molecule has 0 saturated carbocycles. The van der Waals surface area contributed by atoms with Gasteiger partial charge in [0.15, 0.2) is 0 Å². The monoisotopic (exact) mass is 201 g/mol. The summed E-state index contributed by atoms with van der Waals surface area (Å²) in [5, 5.41) is 2.85. The van der Waals surface area contributed by atoms with E-state index in [1.54, 1.807) is 0 Å². The van der Waals surface area contributed by atoms with Crippen LogP contribution in [0.25, 0.3) is 0 Å². The highest BCUT2D eigenvalue weighted by Gasteiger charge is 2.04. The minimum absolute atomic E-state index is 0.0483. The van der Waals surface area contributed by atoms with E-state index in [-0.39, 0.29) is 11.9 Å². The predicted molar refractivity (Wildman–Crippen MR) is 59.1 cm³/mol. The van der Waals surface area contributed by atoms with Crippen molar-refractivity contribution < 1.29 is 4.79 Å². The van der Waals surface area contributed by atoms with Crippen molar-refractivity contribution in [3.8, 4) is 0 Å². The third-order valence-corrected chi connectivity index (χ3v) is 2.15. The molecule has 0 bridgehead atoms. The van der Waals surface area contributed by atoms with Gasteiger partial charge in [-0.25, -0.2) is 0 Å². The Labute approximate surface area is 86.8 Å². The highest BCUT2D eigenvalue weighted by Crippen LogP contribution is 1.87. The summed E-state index contributed by atoms with van der Waals surface area (Å²) in [5.41, 5.74) is 5.51. The quantitative estimate of drug-likeness (QED) is 0.618. The summed E-state index contributed by atoms with van der Waals surface area (Å²) in [4.78, 5) is 13.5. The Bertz CT molecular complexity index is 155. The van der Waals surface area contributed by atoms with Crippen LogP contribution in [-0.4, -0.2) is 43.0 Å². The van der Waals surface area contributed by atoms with Crippen molar-refractivity contribution in [2.75, 3.05) is 26.2 Å². The van der Waals surface area contributed by atoms with Gasteiger partial charge in [-0.1, -0.05) is 13.8 Å². The van der Waals surface area contributed by atoms with Crippen molar-refractivity contribution in [1.29, 1.82) is 0 Å². The Morgan fingerprint density at radius 3 is 2.43 bits per heavy atom. The number of carbonyl (C=O) groups excluding carboxylic acids is 1. The highest BCUT2D eigenvalue weighted by molar-refractivity contribution is 5.76. The molecule has 14 heavy (non-hydrogen) atoms. The zero-order valence-electron chi connectivity index (χ0n) is 9.55. The fourth-order valence-electron chi connectivity index (χ4n) is 1.26. The molecule has 3 N–H and O–H groups in total. The molecule has 0 aromatic carbocycles. The van der Waals surface area contributed by atoms with E-state index in [1.807, 2.05) is 6.92 Å². The van der Waals surface area contributed by atoms with Gasteiger partial charge in [-0.2, -0.15) is 0 Å². The summed E-state index contributed by atoms with van der Waals surface area (Å²) in [6, 6.07) is -0.0524. The van der Waals surface area contributed by atoms with E-state index in [0.29, 0.717) is 13.0 Å². The Hall–Kier alpha value is -0.610. The minimum Gasteiger partial charge on any atom is -0.355 e. The van der Waals surface area contributed by atoms with Crippen molar-refractivity contribution >= 4 is 5.91 Å². The van der Waals surface area contributed by atoms with Gasteiger partial charge in [-0.05, 0) is 20.0 Å². The maximum Gasteiger partial charge on any atom is 0.221 e. The van der Waals surface area contributed by atoms with Gasteiger partial charge in [0.2, 0.25) is 5.91 Å². The molecule has 0 aromatic heterocycles. The van der Waals surface area contributed by atoms with Crippen molar-refractivity contribution in [3.05, 3.63) is 0 Å². The Morgan fingerprint density at radius 2 is 2.00 bits per heavy atom. The second-order valence-electron chi connectivity index (χ2n) is 3.56. The van der Waals surface area contributed by atoms with E-state index in [0.717, 1.165) is 19.6 Å². The zero-order chi connectivity index (χ0) is 11.0. The van der Waals surface area contributed by atoms with E-state index >= 15 is 0 Å². The fraction of sp³-hybridized carbons (Fsp3) is 0.900. The lowest BCUT2D eigenvalue weighted by Crippen LogP contribution is -2.36. The summed E-state index contributed by atoms with van der Waals surface area (Å²) in [6.45, 7) is 9.76. The van der Waals surface area contributed by atoms with Gasteiger partial charge in [-0.3, -0.25) is 4.79 Å². The first-order chi connectivity index (χ1) is 6.60. The van der Waals surface area contributed by atoms with E-state index in [1.165, 1.54) is 0 Å². The molecule has 0 aliphatic heterocycles. The lowest BCUT2D eigenvalue weighted by atomic mass is 10.2. The molecule has 0 aromatic rings. The summed E-state index contributed by atoms with van der Waals surface area (Å²) < 4.78 is 0. The van der Waals surface area contributed by atoms with Gasteiger partial charge in [0, 0.05) is 25.6 Å². The number of nitrogens with zero attached hydrogens (tertiary/aromatic N) is 1. The largest absolute Gasteiger partial charge is 0.355 e. The first kappa shape index (κ1) is 13.4. The molecule has 1 atom stereocenters. The van der Waals surface area contributed by atoms with Crippen LogP contribution >= 0.6 is 0 Å². The number of likely N-dealkylation sites (N-methyl/N-ethyl adjacent to an activating group) is 1. The number of nitrogens with two attached hydrogens (primary N) is 1. The molecule has 1 unspecified atom stereocenters. The third-order valence-electron chi connectivity index (χ3n) is 2.15. The van der Waals surface area contributed by atoms with Crippen molar-refractivity contribution in [2.45, 2.75) is 33.2 Å². The van der Waals surface area contributed by atoms with Crippen molar-refractivity contribution in [3.63, 3.8) is 0 Å². The molecule has 0 aliphatic carbocycles. The fourth-order valence-corrected chi connectivity index (χ4v) is 1.26. The van der Waals surface area contributed by atoms with Gasteiger partial charge < -0.3 is 16.0 Å². The second kappa shape index (κ2) is 7.76.